The number of hydrogen-bond donors (Lipinski definition) is 1. The van der Waals surface area contributed by atoms with Crippen molar-refractivity contribution in [1.82, 2.24) is 0 Å². The number of carboxylic acids is 1. The van der Waals surface area contributed by atoms with E-state index in [9.17, 15) is 9.18 Å². The maximum atomic E-state index is 14.9. The normalized spacial score (nSPS) is 15.6. The van der Waals surface area contributed by atoms with Crippen LogP contribution in [0.5, 0.6) is 0 Å². The Labute approximate surface area is 161 Å². The number of fused-ring (bicyclic) bond motifs is 3. The summed E-state index contributed by atoms with van der Waals surface area (Å²) in [6.07, 6.45) is 1.06. The van der Waals surface area contributed by atoms with Crippen molar-refractivity contribution in [1.29, 1.82) is 0 Å². The van der Waals surface area contributed by atoms with Crippen molar-refractivity contribution in [3.8, 4) is 0 Å². The molecule has 2 heterocycles. The Morgan fingerprint density at radius 3 is 2.71 bits per heavy atom. The number of rotatable bonds is 5. The van der Waals surface area contributed by atoms with Crippen LogP contribution >= 0.6 is 0 Å². The third-order valence-electron chi connectivity index (χ3n) is 4.75. The van der Waals surface area contributed by atoms with Crippen LogP contribution in [0.1, 0.15) is 30.4 Å². The van der Waals surface area contributed by atoms with Crippen LogP contribution in [0.4, 0.5) is 10.1 Å². The van der Waals surface area contributed by atoms with Crippen LogP contribution in [0.15, 0.2) is 63.7 Å². The molecular formula is C21H19FN4O2. The molecule has 0 saturated carbocycles. The Morgan fingerprint density at radius 1 is 1.11 bits per heavy atom. The van der Waals surface area contributed by atoms with Gasteiger partial charge in [0.05, 0.1) is 30.2 Å². The number of nitrogens with zero attached hydrogens (tertiary/aromatic N) is 4. The molecule has 0 aromatic heterocycles. The first kappa shape index (κ1) is 18.0. The van der Waals surface area contributed by atoms with E-state index in [4.69, 9.17) is 10.1 Å². The molecule has 142 valence electrons. The third-order valence-corrected chi connectivity index (χ3v) is 4.75. The molecule has 2 aliphatic heterocycles. The molecule has 0 aliphatic carbocycles. The van der Waals surface area contributed by atoms with Gasteiger partial charge >= 0.3 is 5.97 Å². The van der Waals surface area contributed by atoms with E-state index >= 15 is 0 Å². The predicted molar refractivity (Wildman–Crippen MR) is 107 cm³/mol. The second-order valence-corrected chi connectivity index (χ2v) is 6.68. The van der Waals surface area contributed by atoms with Gasteiger partial charge in [0.2, 0.25) is 0 Å². The zero-order chi connectivity index (χ0) is 19.5. The lowest BCUT2D eigenvalue weighted by Crippen LogP contribution is -2.40. The van der Waals surface area contributed by atoms with Crippen LogP contribution < -0.4 is 4.90 Å². The van der Waals surface area contributed by atoms with Crippen molar-refractivity contribution in [2.75, 3.05) is 18.0 Å². The molecule has 2 aliphatic rings. The number of halogens is 1. The van der Waals surface area contributed by atoms with Crippen LogP contribution in [0, 0.1) is 5.82 Å². The minimum atomic E-state index is -0.840. The highest BCUT2D eigenvalue weighted by Crippen LogP contribution is 2.31. The lowest BCUT2D eigenvalue weighted by Gasteiger charge is -2.28. The molecule has 6 nitrogen and oxygen atoms in total. The van der Waals surface area contributed by atoms with Gasteiger partial charge in [-0.2, -0.15) is 5.10 Å². The number of amidine groups is 1. The lowest BCUT2D eigenvalue weighted by molar-refractivity contribution is -0.137. The van der Waals surface area contributed by atoms with E-state index in [1.165, 1.54) is 6.07 Å². The van der Waals surface area contributed by atoms with Crippen molar-refractivity contribution in [2.24, 2.45) is 15.2 Å². The van der Waals surface area contributed by atoms with Crippen molar-refractivity contribution in [3.05, 3.63) is 65.5 Å². The Morgan fingerprint density at radius 2 is 1.93 bits per heavy atom. The molecular weight excluding hydrogens is 359 g/mol. The van der Waals surface area contributed by atoms with E-state index in [1.54, 1.807) is 6.07 Å². The number of para-hydroxylation sites is 1. The van der Waals surface area contributed by atoms with Crippen LogP contribution in [-0.2, 0) is 4.79 Å². The van der Waals surface area contributed by atoms with E-state index in [-0.39, 0.29) is 12.2 Å². The average Bonchev–Trinajstić information content (AvgIpc) is 2.86. The highest BCUT2D eigenvalue weighted by atomic mass is 19.1. The molecule has 0 spiro atoms. The van der Waals surface area contributed by atoms with E-state index < -0.39 is 5.97 Å². The van der Waals surface area contributed by atoms with Crippen LogP contribution in [0.3, 0.4) is 0 Å². The van der Waals surface area contributed by atoms with Gasteiger partial charge in [0.15, 0.2) is 5.84 Å². The molecule has 7 heteroatoms. The highest BCUT2D eigenvalue weighted by molar-refractivity contribution is 6.21. The van der Waals surface area contributed by atoms with Crippen molar-refractivity contribution >= 4 is 28.9 Å². The smallest absolute Gasteiger partial charge is 0.303 e. The molecule has 2 aromatic carbocycles. The first-order valence-electron chi connectivity index (χ1n) is 9.14. The number of aliphatic imine (C=N–C) groups is 1. The second kappa shape index (κ2) is 7.72. The van der Waals surface area contributed by atoms with Gasteiger partial charge in [-0.1, -0.05) is 42.5 Å². The Bertz CT molecular complexity index is 999. The zero-order valence-corrected chi connectivity index (χ0v) is 15.2. The molecule has 0 unspecified atom stereocenters. The minimum Gasteiger partial charge on any atom is -0.481 e. The van der Waals surface area contributed by atoms with Gasteiger partial charge < -0.3 is 10.0 Å². The number of anilines is 1. The largest absolute Gasteiger partial charge is 0.481 e. The average molecular weight is 378 g/mol. The number of aliphatic carboxylic acids is 1. The van der Waals surface area contributed by atoms with Gasteiger partial charge in [-0.3, -0.25) is 9.79 Å². The fourth-order valence-electron chi connectivity index (χ4n) is 3.44. The fourth-order valence-corrected chi connectivity index (χ4v) is 3.44. The predicted octanol–water partition coefficient (Wildman–Crippen LogP) is 3.51. The number of carbonyl (C=O) groups is 1. The van der Waals surface area contributed by atoms with Gasteiger partial charge in [0.25, 0.3) is 0 Å². The molecule has 0 saturated heterocycles. The molecule has 0 radical (unpaired) electrons. The standard InChI is InChI=1S/C21H19FN4O2/c22-17-10-5-9-16-20(14-6-2-1-3-7-14)23-12-18-25-24-15(8-4-11-19(27)28)13-26(18)21(16)17/h1-3,5-7,9-10H,4,8,11-13H2,(H,27,28). The lowest BCUT2D eigenvalue weighted by atomic mass is 9.99. The molecule has 1 N–H and O–H groups in total. The van der Waals surface area contributed by atoms with Crippen LogP contribution in [-0.4, -0.2) is 41.4 Å². The van der Waals surface area contributed by atoms with Gasteiger partial charge in [-0.25, -0.2) is 4.39 Å². The number of carboxylic acid groups (broad SMARTS) is 1. The Kier molecular flexibility index (Phi) is 4.97. The summed E-state index contributed by atoms with van der Waals surface area (Å²) in [7, 11) is 0. The molecule has 0 amide bonds. The van der Waals surface area contributed by atoms with Gasteiger partial charge in [-0.15, -0.1) is 5.10 Å². The third kappa shape index (κ3) is 3.55. The van der Waals surface area contributed by atoms with Crippen molar-refractivity contribution in [2.45, 2.75) is 19.3 Å². The molecule has 0 fully saturated rings. The summed E-state index contributed by atoms with van der Waals surface area (Å²) < 4.78 is 14.9. The summed E-state index contributed by atoms with van der Waals surface area (Å²) in [5.41, 5.74) is 3.52. The van der Waals surface area contributed by atoms with Crippen molar-refractivity contribution in [3.63, 3.8) is 0 Å². The molecule has 28 heavy (non-hydrogen) atoms. The second-order valence-electron chi connectivity index (χ2n) is 6.68. The quantitative estimate of drug-likeness (QED) is 0.865. The zero-order valence-electron chi connectivity index (χ0n) is 15.2. The van der Waals surface area contributed by atoms with E-state index in [2.05, 4.69) is 10.2 Å². The Balaban J connectivity index is 1.71. The maximum absolute atomic E-state index is 14.9. The highest BCUT2D eigenvalue weighted by Gasteiger charge is 2.29. The summed E-state index contributed by atoms with van der Waals surface area (Å²) >= 11 is 0. The SMILES string of the molecule is O=C(O)CCCC1=NN=C2CN=C(c3ccccc3)c3cccc(F)c3N2C1. The van der Waals surface area contributed by atoms with E-state index in [0.717, 1.165) is 17.0 Å². The summed E-state index contributed by atoms with van der Waals surface area (Å²) in [6, 6.07) is 14.7. The van der Waals surface area contributed by atoms with E-state index in [1.807, 2.05) is 41.3 Å². The summed E-state index contributed by atoms with van der Waals surface area (Å²) in [6.45, 7) is 0.675. The summed E-state index contributed by atoms with van der Waals surface area (Å²) in [4.78, 5) is 17.3. The van der Waals surface area contributed by atoms with Crippen molar-refractivity contribution < 1.29 is 14.3 Å². The summed E-state index contributed by atoms with van der Waals surface area (Å²) in [5.74, 6) is -0.602. The van der Waals surface area contributed by atoms with Gasteiger partial charge in [0.1, 0.15) is 5.82 Å². The molecule has 2 aromatic rings. The first-order chi connectivity index (χ1) is 13.6. The number of benzene rings is 2. The van der Waals surface area contributed by atoms with E-state index in [0.29, 0.717) is 43.0 Å². The van der Waals surface area contributed by atoms with Crippen LogP contribution in [0.2, 0.25) is 0 Å². The van der Waals surface area contributed by atoms with Gasteiger partial charge in [-0.05, 0) is 18.9 Å². The number of hydrogen-bond acceptors (Lipinski definition) is 5. The van der Waals surface area contributed by atoms with Gasteiger partial charge in [0, 0.05) is 17.5 Å². The first-order valence-corrected chi connectivity index (χ1v) is 9.14. The maximum Gasteiger partial charge on any atom is 0.303 e. The monoisotopic (exact) mass is 378 g/mol. The topological polar surface area (TPSA) is 77.6 Å². The van der Waals surface area contributed by atoms with Crippen LogP contribution in [0.25, 0.3) is 0 Å². The summed E-state index contributed by atoms with van der Waals surface area (Å²) in [5, 5.41) is 17.3. The molecule has 0 bridgehead atoms. The molecule has 4 rings (SSSR count). The Hall–Kier alpha value is -3.35. The fraction of sp³-hybridized carbons (Fsp3) is 0.238. The molecule has 0 atom stereocenters. The minimum absolute atomic E-state index is 0.0712.